The Morgan fingerprint density at radius 1 is 1.27 bits per heavy atom. The highest BCUT2D eigenvalue weighted by Crippen LogP contribution is 2.20. The first-order valence-corrected chi connectivity index (χ1v) is 8.49. The van der Waals surface area contributed by atoms with E-state index in [9.17, 15) is 4.79 Å². The minimum Gasteiger partial charge on any atom is -0.349 e. The van der Waals surface area contributed by atoms with Crippen molar-refractivity contribution in [2.24, 2.45) is 0 Å². The van der Waals surface area contributed by atoms with Crippen LogP contribution in [0.1, 0.15) is 69.7 Å². The lowest BCUT2D eigenvalue weighted by molar-refractivity contribution is -0.121. The highest BCUT2D eigenvalue weighted by molar-refractivity contribution is 5.76. The molecule has 1 N–H and O–H groups in total. The van der Waals surface area contributed by atoms with Crippen LogP contribution in [0.4, 0.5) is 5.95 Å². The number of aryl methyl sites for hydroxylation is 1. The predicted octanol–water partition coefficient (Wildman–Crippen LogP) is 3.14. The third-order valence-corrected chi connectivity index (χ3v) is 4.31. The molecule has 122 valence electrons. The summed E-state index contributed by atoms with van der Waals surface area (Å²) in [6.45, 7) is 7.92. The van der Waals surface area contributed by atoms with Gasteiger partial charge in [0.15, 0.2) is 0 Å². The van der Waals surface area contributed by atoms with Crippen molar-refractivity contribution in [2.75, 3.05) is 18.0 Å². The topological polar surface area (TPSA) is 58.1 Å². The van der Waals surface area contributed by atoms with Crippen LogP contribution in [0.2, 0.25) is 0 Å². The molecule has 0 bridgehead atoms. The van der Waals surface area contributed by atoms with Crippen LogP contribution in [0.15, 0.2) is 6.20 Å². The SMILES string of the molecule is CCC(=O)NC(C)c1cnc(N2CCCCCCC2)nc1C. The zero-order valence-electron chi connectivity index (χ0n) is 14.1. The van der Waals surface area contributed by atoms with E-state index in [0.717, 1.165) is 30.3 Å². The summed E-state index contributed by atoms with van der Waals surface area (Å²) in [6.07, 6.45) is 8.75. The quantitative estimate of drug-likeness (QED) is 0.928. The molecular formula is C17H28N4O. The molecule has 0 spiro atoms. The van der Waals surface area contributed by atoms with Crippen LogP contribution in [-0.4, -0.2) is 29.0 Å². The Hall–Kier alpha value is -1.65. The molecule has 1 atom stereocenters. The third kappa shape index (κ3) is 4.42. The van der Waals surface area contributed by atoms with E-state index in [-0.39, 0.29) is 11.9 Å². The molecule has 22 heavy (non-hydrogen) atoms. The van der Waals surface area contributed by atoms with E-state index in [0.29, 0.717) is 6.42 Å². The molecule has 1 aliphatic heterocycles. The van der Waals surface area contributed by atoms with Crippen molar-refractivity contribution in [3.8, 4) is 0 Å². The van der Waals surface area contributed by atoms with Crippen molar-refractivity contribution >= 4 is 11.9 Å². The smallest absolute Gasteiger partial charge is 0.225 e. The largest absolute Gasteiger partial charge is 0.349 e. The van der Waals surface area contributed by atoms with Crippen LogP contribution >= 0.6 is 0 Å². The van der Waals surface area contributed by atoms with Crippen molar-refractivity contribution in [1.29, 1.82) is 0 Å². The van der Waals surface area contributed by atoms with E-state index in [1.165, 1.54) is 32.1 Å². The standard InChI is InChI=1S/C17H28N4O/c1-4-16(22)19-13(2)15-12-18-17(20-14(15)3)21-10-8-6-5-7-9-11-21/h12-13H,4-11H2,1-3H3,(H,19,22). The molecule has 2 heterocycles. The Bertz CT molecular complexity index is 495. The average Bonchev–Trinajstić information content (AvgIpc) is 2.46. The van der Waals surface area contributed by atoms with Crippen molar-refractivity contribution in [3.05, 3.63) is 17.5 Å². The third-order valence-electron chi connectivity index (χ3n) is 4.31. The molecule has 0 aromatic carbocycles. The number of hydrogen-bond donors (Lipinski definition) is 1. The van der Waals surface area contributed by atoms with E-state index in [4.69, 9.17) is 0 Å². The minimum atomic E-state index is -0.0474. The van der Waals surface area contributed by atoms with Gasteiger partial charge < -0.3 is 10.2 Å². The highest BCUT2D eigenvalue weighted by atomic mass is 16.1. The van der Waals surface area contributed by atoms with Crippen molar-refractivity contribution in [3.63, 3.8) is 0 Å². The molecule has 1 saturated heterocycles. The Morgan fingerprint density at radius 3 is 2.50 bits per heavy atom. The van der Waals surface area contributed by atoms with E-state index >= 15 is 0 Å². The summed E-state index contributed by atoms with van der Waals surface area (Å²) in [5, 5.41) is 2.97. The molecular weight excluding hydrogens is 276 g/mol. The lowest BCUT2D eigenvalue weighted by Crippen LogP contribution is -2.30. The zero-order valence-corrected chi connectivity index (χ0v) is 14.1. The van der Waals surface area contributed by atoms with Crippen LogP contribution in [0.25, 0.3) is 0 Å². The minimum absolute atomic E-state index is 0.0474. The number of aromatic nitrogens is 2. The maximum absolute atomic E-state index is 11.5. The first-order valence-electron chi connectivity index (χ1n) is 8.49. The van der Waals surface area contributed by atoms with Gasteiger partial charge in [-0.2, -0.15) is 0 Å². The molecule has 1 unspecified atom stereocenters. The van der Waals surface area contributed by atoms with Gasteiger partial charge in [-0.1, -0.05) is 26.2 Å². The van der Waals surface area contributed by atoms with Gasteiger partial charge in [0, 0.05) is 37.0 Å². The maximum Gasteiger partial charge on any atom is 0.225 e. The summed E-state index contributed by atoms with van der Waals surface area (Å²) in [5.41, 5.74) is 1.95. The molecule has 1 aromatic rings. The number of carbonyl (C=O) groups excluding carboxylic acids is 1. The van der Waals surface area contributed by atoms with Crippen molar-refractivity contribution < 1.29 is 4.79 Å². The van der Waals surface area contributed by atoms with E-state index in [2.05, 4.69) is 20.2 Å². The van der Waals surface area contributed by atoms with Crippen molar-refractivity contribution in [2.45, 2.75) is 65.3 Å². The van der Waals surface area contributed by atoms with E-state index < -0.39 is 0 Å². The number of anilines is 1. The number of nitrogens with one attached hydrogen (secondary N) is 1. The molecule has 0 saturated carbocycles. The number of amides is 1. The number of rotatable bonds is 4. The summed E-state index contributed by atoms with van der Waals surface area (Å²) >= 11 is 0. The highest BCUT2D eigenvalue weighted by Gasteiger charge is 2.16. The fourth-order valence-corrected chi connectivity index (χ4v) is 2.91. The normalized spacial score (nSPS) is 17.5. The van der Waals surface area contributed by atoms with Crippen LogP contribution in [0.3, 0.4) is 0 Å². The average molecular weight is 304 g/mol. The second kappa shape index (κ2) is 8.11. The van der Waals surface area contributed by atoms with Gasteiger partial charge in [-0.05, 0) is 26.7 Å². The Labute approximate surface area is 133 Å². The van der Waals surface area contributed by atoms with Gasteiger partial charge in [0.05, 0.1) is 6.04 Å². The number of nitrogens with zero attached hydrogens (tertiary/aromatic N) is 3. The second-order valence-corrected chi connectivity index (χ2v) is 6.11. The van der Waals surface area contributed by atoms with Crippen LogP contribution < -0.4 is 10.2 Å². The van der Waals surface area contributed by atoms with Crippen LogP contribution in [-0.2, 0) is 4.79 Å². The summed E-state index contributed by atoms with van der Waals surface area (Å²) < 4.78 is 0. The molecule has 1 amide bonds. The zero-order chi connectivity index (χ0) is 15.9. The Morgan fingerprint density at radius 2 is 1.91 bits per heavy atom. The summed E-state index contributed by atoms with van der Waals surface area (Å²) in [7, 11) is 0. The van der Waals surface area contributed by atoms with Gasteiger partial charge in [0.1, 0.15) is 0 Å². The fourth-order valence-electron chi connectivity index (χ4n) is 2.91. The van der Waals surface area contributed by atoms with Crippen LogP contribution in [0.5, 0.6) is 0 Å². The van der Waals surface area contributed by atoms with Gasteiger partial charge in [-0.3, -0.25) is 4.79 Å². The van der Waals surface area contributed by atoms with Gasteiger partial charge in [0.25, 0.3) is 0 Å². The molecule has 1 aromatic heterocycles. The van der Waals surface area contributed by atoms with Crippen LogP contribution in [0, 0.1) is 6.92 Å². The molecule has 0 radical (unpaired) electrons. The Balaban J connectivity index is 2.09. The summed E-state index contributed by atoms with van der Waals surface area (Å²) in [4.78, 5) is 23.1. The molecule has 1 fully saturated rings. The van der Waals surface area contributed by atoms with E-state index in [1.54, 1.807) is 0 Å². The summed E-state index contributed by atoms with van der Waals surface area (Å²) in [5.74, 6) is 0.886. The van der Waals surface area contributed by atoms with Crippen molar-refractivity contribution in [1.82, 2.24) is 15.3 Å². The molecule has 5 nitrogen and oxygen atoms in total. The fraction of sp³-hybridized carbons (Fsp3) is 0.706. The predicted molar refractivity (Wildman–Crippen MR) is 88.9 cm³/mol. The molecule has 1 aliphatic rings. The lowest BCUT2D eigenvalue weighted by atomic mass is 10.1. The molecule has 0 aliphatic carbocycles. The van der Waals surface area contributed by atoms with E-state index in [1.807, 2.05) is 27.0 Å². The van der Waals surface area contributed by atoms with Gasteiger partial charge >= 0.3 is 0 Å². The molecule has 2 rings (SSSR count). The summed E-state index contributed by atoms with van der Waals surface area (Å²) in [6, 6.07) is -0.0474. The first-order chi connectivity index (χ1) is 10.6. The monoisotopic (exact) mass is 304 g/mol. The Kier molecular flexibility index (Phi) is 6.16. The first kappa shape index (κ1) is 16.7. The lowest BCUT2D eigenvalue weighted by Gasteiger charge is -2.25. The second-order valence-electron chi connectivity index (χ2n) is 6.11. The maximum atomic E-state index is 11.5. The van der Waals surface area contributed by atoms with Gasteiger partial charge in [-0.25, -0.2) is 9.97 Å². The number of hydrogen-bond acceptors (Lipinski definition) is 4. The van der Waals surface area contributed by atoms with Gasteiger partial charge in [-0.15, -0.1) is 0 Å². The number of carbonyl (C=O) groups is 1. The molecule has 5 heteroatoms. The van der Waals surface area contributed by atoms with Gasteiger partial charge in [0.2, 0.25) is 11.9 Å².